The first-order valence-corrected chi connectivity index (χ1v) is 9.71. The zero-order valence-electron chi connectivity index (χ0n) is 15.5. The number of amides is 2. The maximum Gasteiger partial charge on any atom is 0.261 e. The summed E-state index contributed by atoms with van der Waals surface area (Å²) in [5.41, 5.74) is 1.79. The minimum absolute atomic E-state index is 0.242. The third-order valence-corrected chi connectivity index (χ3v) is 5.61. The Morgan fingerprint density at radius 1 is 0.929 bits per heavy atom. The van der Waals surface area contributed by atoms with Gasteiger partial charge in [-0.25, -0.2) is 0 Å². The fourth-order valence-corrected chi connectivity index (χ4v) is 4.01. The molecule has 0 saturated carbocycles. The molecule has 8 heteroatoms. The van der Waals surface area contributed by atoms with E-state index >= 15 is 0 Å². The number of hydrogen-bond donors (Lipinski definition) is 0. The molecule has 0 spiro atoms. The zero-order chi connectivity index (χ0) is 19.7. The van der Waals surface area contributed by atoms with Crippen molar-refractivity contribution in [3.63, 3.8) is 0 Å². The summed E-state index contributed by atoms with van der Waals surface area (Å²) >= 11 is 1.45. The molecule has 28 heavy (non-hydrogen) atoms. The van der Waals surface area contributed by atoms with Gasteiger partial charge in [0.15, 0.2) is 11.0 Å². The lowest BCUT2D eigenvalue weighted by Gasteiger charge is -2.13. The van der Waals surface area contributed by atoms with Crippen LogP contribution in [0.1, 0.15) is 20.7 Å². The van der Waals surface area contributed by atoms with Crippen LogP contribution in [0.25, 0.3) is 11.4 Å². The molecule has 0 saturated heterocycles. The highest BCUT2D eigenvalue weighted by Gasteiger charge is 2.34. The second kappa shape index (κ2) is 7.47. The molecule has 1 aliphatic heterocycles. The van der Waals surface area contributed by atoms with Gasteiger partial charge in [-0.05, 0) is 24.3 Å². The molecule has 1 aromatic heterocycles. The van der Waals surface area contributed by atoms with Crippen LogP contribution in [-0.2, 0) is 7.05 Å². The monoisotopic (exact) mass is 394 g/mol. The maximum atomic E-state index is 12.4. The van der Waals surface area contributed by atoms with E-state index in [-0.39, 0.29) is 11.8 Å². The van der Waals surface area contributed by atoms with Crippen LogP contribution in [0.5, 0.6) is 5.75 Å². The van der Waals surface area contributed by atoms with Crippen molar-refractivity contribution >= 4 is 23.6 Å². The molecule has 1 aliphatic rings. The predicted molar refractivity (Wildman–Crippen MR) is 106 cm³/mol. The summed E-state index contributed by atoms with van der Waals surface area (Å²) in [4.78, 5) is 26.1. The molecular weight excluding hydrogens is 376 g/mol. The van der Waals surface area contributed by atoms with E-state index in [1.165, 1.54) is 16.7 Å². The number of methoxy groups -OCH3 is 1. The second-order valence-corrected chi connectivity index (χ2v) is 7.28. The summed E-state index contributed by atoms with van der Waals surface area (Å²) < 4.78 is 7.28. The Morgan fingerprint density at radius 2 is 1.54 bits per heavy atom. The molecule has 2 aromatic carbocycles. The van der Waals surface area contributed by atoms with Gasteiger partial charge in [-0.1, -0.05) is 36.0 Å². The van der Waals surface area contributed by atoms with Crippen molar-refractivity contribution in [2.24, 2.45) is 7.05 Å². The average Bonchev–Trinajstić information content (AvgIpc) is 3.21. The van der Waals surface area contributed by atoms with Gasteiger partial charge in [0.2, 0.25) is 0 Å². The summed E-state index contributed by atoms with van der Waals surface area (Å²) in [6.45, 7) is 0.313. The SMILES string of the molecule is COc1ccccc1-c1nnc(SCCN2C(=O)c3ccccc3C2=O)n1C. The van der Waals surface area contributed by atoms with Crippen molar-refractivity contribution in [1.29, 1.82) is 0 Å². The Morgan fingerprint density at radius 3 is 2.18 bits per heavy atom. The van der Waals surface area contributed by atoms with Crippen LogP contribution in [0.15, 0.2) is 53.7 Å². The van der Waals surface area contributed by atoms with E-state index in [0.29, 0.717) is 34.4 Å². The fourth-order valence-electron chi connectivity index (χ4n) is 3.17. The minimum Gasteiger partial charge on any atom is -0.496 e. The van der Waals surface area contributed by atoms with E-state index in [4.69, 9.17) is 4.74 Å². The Labute approximate surface area is 166 Å². The number of imide groups is 1. The number of ether oxygens (including phenoxy) is 1. The summed E-state index contributed by atoms with van der Waals surface area (Å²) in [6, 6.07) is 14.5. The number of nitrogens with zero attached hydrogens (tertiary/aromatic N) is 4. The van der Waals surface area contributed by atoms with Gasteiger partial charge in [0.25, 0.3) is 11.8 Å². The summed E-state index contributed by atoms with van der Waals surface area (Å²) in [5.74, 6) is 1.47. The van der Waals surface area contributed by atoms with Crippen LogP contribution in [-0.4, -0.2) is 50.9 Å². The van der Waals surface area contributed by atoms with Crippen molar-refractivity contribution < 1.29 is 14.3 Å². The lowest BCUT2D eigenvalue weighted by molar-refractivity contribution is 0.0664. The molecule has 2 heterocycles. The van der Waals surface area contributed by atoms with Crippen LogP contribution in [0.3, 0.4) is 0 Å². The van der Waals surface area contributed by atoms with Crippen LogP contribution >= 0.6 is 11.8 Å². The minimum atomic E-state index is -0.242. The molecule has 3 aromatic rings. The van der Waals surface area contributed by atoms with Gasteiger partial charge in [0, 0.05) is 19.3 Å². The Kier molecular flexibility index (Phi) is 4.87. The highest BCUT2D eigenvalue weighted by molar-refractivity contribution is 7.99. The van der Waals surface area contributed by atoms with E-state index in [2.05, 4.69) is 10.2 Å². The van der Waals surface area contributed by atoms with Crippen molar-refractivity contribution in [3.8, 4) is 17.1 Å². The lowest BCUT2D eigenvalue weighted by atomic mass is 10.1. The van der Waals surface area contributed by atoms with Gasteiger partial charge in [-0.3, -0.25) is 14.5 Å². The molecule has 0 fully saturated rings. The number of carbonyl (C=O) groups is 2. The molecule has 142 valence electrons. The van der Waals surface area contributed by atoms with Crippen LogP contribution < -0.4 is 4.74 Å². The van der Waals surface area contributed by atoms with Gasteiger partial charge in [0.05, 0.1) is 23.8 Å². The molecule has 4 rings (SSSR count). The smallest absolute Gasteiger partial charge is 0.261 e. The van der Waals surface area contributed by atoms with Gasteiger partial charge in [-0.15, -0.1) is 10.2 Å². The number of para-hydroxylation sites is 1. The number of thioether (sulfide) groups is 1. The normalized spacial score (nSPS) is 13.1. The average molecular weight is 394 g/mol. The second-order valence-electron chi connectivity index (χ2n) is 6.22. The van der Waals surface area contributed by atoms with Crippen molar-refractivity contribution in [2.45, 2.75) is 5.16 Å². The third-order valence-electron chi connectivity index (χ3n) is 4.61. The number of benzene rings is 2. The van der Waals surface area contributed by atoms with Crippen molar-refractivity contribution in [3.05, 3.63) is 59.7 Å². The van der Waals surface area contributed by atoms with E-state index < -0.39 is 0 Å². The Hall–Kier alpha value is -3.13. The number of fused-ring (bicyclic) bond motifs is 1. The van der Waals surface area contributed by atoms with Crippen LogP contribution in [0.4, 0.5) is 0 Å². The van der Waals surface area contributed by atoms with E-state index in [1.54, 1.807) is 31.4 Å². The molecule has 0 radical (unpaired) electrons. The first-order valence-electron chi connectivity index (χ1n) is 8.72. The number of rotatable bonds is 6. The molecule has 2 amide bonds. The van der Waals surface area contributed by atoms with E-state index in [1.807, 2.05) is 35.9 Å². The third kappa shape index (κ3) is 3.05. The first kappa shape index (κ1) is 18.2. The van der Waals surface area contributed by atoms with Gasteiger partial charge in [-0.2, -0.15) is 0 Å². The van der Waals surface area contributed by atoms with E-state index in [9.17, 15) is 9.59 Å². The van der Waals surface area contributed by atoms with Crippen LogP contribution in [0, 0.1) is 0 Å². The quantitative estimate of drug-likeness (QED) is 0.473. The number of aromatic nitrogens is 3. The molecule has 0 unspecified atom stereocenters. The lowest BCUT2D eigenvalue weighted by Crippen LogP contribution is -2.31. The maximum absolute atomic E-state index is 12.4. The molecule has 0 aliphatic carbocycles. The van der Waals surface area contributed by atoms with Crippen molar-refractivity contribution in [1.82, 2.24) is 19.7 Å². The summed E-state index contributed by atoms with van der Waals surface area (Å²) in [6.07, 6.45) is 0. The van der Waals surface area contributed by atoms with Gasteiger partial charge < -0.3 is 9.30 Å². The largest absolute Gasteiger partial charge is 0.496 e. The summed E-state index contributed by atoms with van der Waals surface area (Å²) in [7, 11) is 3.50. The molecule has 0 atom stereocenters. The summed E-state index contributed by atoms with van der Waals surface area (Å²) in [5, 5.41) is 9.22. The molecular formula is C20H18N4O3S. The predicted octanol–water partition coefficient (Wildman–Crippen LogP) is 2.88. The highest BCUT2D eigenvalue weighted by atomic mass is 32.2. The van der Waals surface area contributed by atoms with Gasteiger partial charge >= 0.3 is 0 Å². The van der Waals surface area contributed by atoms with Gasteiger partial charge in [0.1, 0.15) is 5.75 Å². The number of carbonyl (C=O) groups excluding carboxylic acids is 2. The highest BCUT2D eigenvalue weighted by Crippen LogP contribution is 2.30. The van der Waals surface area contributed by atoms with E-state index in [0.717, 1.165) is 11.3 Å². The topological polar surface area (TPSA) is 77.3 Å². The first-order chi connectivity index (χ1) is 13.6. The standard InChI is InChI=1S/C20H18N4O3S/c1-23-17(15-9-5-6-10-16(15)27-2)21-22-20(23)28-12-11-24-18(25)13-7-3-4-8-14(13)19(24)26/h3-10H,11-12H2,1-2H3. The Bertz CT molecular complexity index is 1030. The molecule has 0 bridgehead atoms. The Balaban J connectivity index is 1.45. The molecule has 7 nitrogen and oxygen atoms in total. The number of hydrogen-bond acceptors (Lipinski definition) is 6. The zero-order valence-corrected chi connectivity index (χ0v) is 16.3. The van der Waals surface area contributed by atoms with Crippen molar-refractivity contribution in [2.75, 3.05) is 19.4 Å². The molecule has 0 N–H and O–H groups in total. The van der Waals surface area contributed by atoms with Crippen LogP contribution in [0.2, 0.25) is 0 Å². The fraction of sp³-hybridized carbons (Fsp3) is 0.200.